The van der Waals surface area contributed by atoms with E-state index >= 15 is 0 Å². The fourth-order valence-electron chi connectivity index (χ4n) is 4.08. The molecular weight excluding hydrogens is 334 g/mol. The molecule has 2 aromatic rings. The van der Waals surface area contributed by atoms with Crippen LogP contribution in [0, 0.1) is 23.7 Å². The van der Waals surface area contributed by atoms with Crippen molar-refractivity contribution in [3.05, 3.63) is 23.9 Å². The molecule has 2 fully saturated rings. The number of anilines is 1. The molecule has 0 bridgehead atoms. The lowest BCUT2D eigenvalue weighted by molar-refractivity contribution is -0.123. The van der Waals surface area contributed by atoms with E-state index in [4.69, 9.17) is 0 Å². The summed E-state index contributed by atoms with van der Waals surface area (Å²) in [7, 11) is 0. The number of nitriles is 1. The van der Waals surface area contributed by atoms with E-state index < -0.39 is 0 Å². The summed E-state index contributed by atoms with van der Waals surface area (Å²) in [6, 6.07) is 2.32. The summed E-state index contributed by atoms with van der Waals surface area (Å²) >= 11 is 0. The molecule has 4 rings (SSSR count). The maximum Gasteiger partial charge on any atom is 0.242 e. The number of aryl methyl sites for hydroxylation is 1. The average Bonchev–Trinajstić information content (AvgIpc) is 3.23. The van der Waals surface area contributed by atoms with Crippen molar-refractivity contribution in [2.45, 2.75) is 38.8 Å². The second-order valence-electron chi connectivity index (χ2n) is 7.01. The maximum atomic E-state index is 12.3. The van der Waals surface area contributed by atoms with Gasteiger partial charge < -0.3 is 10.2 Å². The van der Waals surface area contributed by atoms with Crippen molar-refractivity contribution in [1.29, 1.82) is 5.26 Å². The van der Waals surface area contributed by atoms with E-state index in [0.29, 0.717) is 17.1 Å². The van der Waals surface area contributed by atoms with Crippen LogP contribution >= 0.6 is 0 Å². The Morgan fingerprint density at radius 3 is 3.04 bits per heavy atom. The second kappa shape index (κ2) is 6.33. The third kappa shape index (κ3) is 2.75. The second-order valence-corrected chi connectivity index (χ2v) is 7.01. The maximum absolute atomic E-state index is 12.3. The number of tetrazole rings is 1. The van der Waals surface area contributed by atoms with Gasteiger partial charge in [0.05, 0.1) is 5.69 Å². The molecule has 2 aliphatic rings. The lowest BCUT2D eigenvalue weighted by atomic mass is 9.74. The summed E-state index contributed by atoms with van der Waals surface area (Å²) in [5.41, 5.74) is 1.26. The van der Waals surface area contributed by atoms with Crippen LogP contribution in [0.3, 0.4) is 0 Å². The van der Waals surface area contributed by atoms with Crippen LogP contribution in [-0.4, -0.2) is 55.2 Å². The summed E-state index contributed by atoms with van der Waals surface area (Å²) in [5, 5.41) is 23.3. The van der Waals surface area contributed by atoms with Crippen molar-refractivity contribution in [3.8, 4) is 6.07 Å². The van der Waals surface area contributed by atoms with Crippen LogP contribution in [0.2, 0.25) is 0 Å². The van der Waals surface area contributed by atoms with Gasteiger partial charge >= 0.3 is 0 Å². The molecule has 1 unspecified atom stereocenters. The Labute approximate surface area is 150 Å². The van der Waals surface area contributed by atoms with Crippen molar-refractivity contribution >= 4 is 11.7 Å². The zero-order valence-electron chi connectivity index (χ0n) is 14.5. The van der Waals surface area contributed by atoms with E-state index in [2.05, 4.69) is 41.8 Å². The van der Waals surface area contributed by atoms with E-state index in [1.807, 2.05) is 6.92 Å². The smallest absolute Gasteiger partial charge is 0.242 e. The fraction of sp³-hybridized carbons (Fsp3) is 0.562. The predicted molar refractivity (Wildman–Crippen MR) is 89.7 cm³/mol. The molecule has 1 aliphatic heterocycles. The van der Waals surface area contributed by atoms with Crippen LogP contribution in [-0.2, 0) is 11.3 Å². The summed E-state index contributed by atoms with van der Waals surface area (Å²) in [6.45, 7) is 3.51. The minimum atomic E-state index is -0.0855. The summed E-state index contributed by atoms with van der Waals surface area (Å²) in [4.78, 5) is 22.8. The minimum absolute atomic E-state index is 0.0435. The van der Waals surface area contributed by atoms with Gasteiger partial charge in [-0.2, -0.15) is 5.26 Å². The highest BCUT2D eigenvalue weighted by atomic mass is 16.2. The first-order chi connectivity index (χ1) is 12.6. The highest BCUT2D eigenvalue weighted by Crippen LogP contribution is 2.47. The minimum Gasteiger partial charge on any atom is -0.354 e. The molecule has 134 valence electrons. The van der Waals surface area contributed by atoms with Crippen LogP contribution in [0.5, 0.6) is 0 Å². The number of carbonyl (C=O) groups is 1. The van der Waals surface area contributed by atoms with Crippen LogP contribution in [0.1, 0.15) is 30.5 Å². The number of nitrogens with one attached hydrogen (secondary N) is 1. The van der Waals surface area contributed by atoms with Gasteiger partial charge in [0.25, 0.3) is 0 Å². The molecule has 26 heavy (non-hydrogen) atoms. The van der Waals surface area contributed by atoms with E-state index in [1.54, 1.807) is 0 Å². The molecule has 1 N–H and O–H groups in total. The van der Waals surface area contributed by atoms with Crippen molar-refractivity contribution in [2.75, 3.05) is 18.0 Å². The Hall–Kier alpha value is -3.09. The average molecular weight is 353 g/mol. The number of nitrogens with zero attached hydrogens (tertiary/aromatic N) is 8. The molecule has 1 amide bonds. The van der Waals surface area contributed by atoms with Crippen molar-refractivity contribution in [2.24, 2.45) is 5.41 Å². The standard InChI is InChI=1S/C16H19N9O/c1-11-12(5-17)15(19-9-18-11)24-7-16(8-24)4-2-3-13(16)21-14(26)6-25-10-20-22-23-25/h9-10,13H,2-4,6-8H2,1H3,(H,21,26). The highest BCUT2D eigenvalue weighted by Gasteiger charge is 2.52. The largest absolute Gasteiger partial charge is 0.354 e. The van der Waals surface area contributed by atoms with Crippen LogP contribution in [0.25, 0.3) is 0 Å². The monoisotopic (exact) mass is 353 g/mol. The van der Waals surface area contributed by atoms with Gasteiger partial charge in [-0.3, -0.25) is 4.79 Å². The normalized spacial score (nSPS) is 20.6. The molecule has 0 radical (unpaired) electrons. The van der Waals surface area contributed by atoms with E-state index in [1.165, 1.54) is 17.3 Å². The first-order valence-corrected chi connectivity index (χ1v) is 8.58. The molecule has 1 saturated carbocycles. The number of aromatic nitrogens is 6. The number of hydrogen-bond acceptors (Lipinski definition) is 8. The first-order valence-electron chi connectivity index (χ1n) is 8.58. The quantitative estimate of drug-likeness (QED) is 0.802. The van der Waals surface area contributed by atoms with Crippen molar-refractivity contribution < 1.29 is 4.79 Å². The topological polar surface area (TPSA) is 126 Å². The molecule has 10 heteroatoms. The molecule has 1 aliphatic carbocycles. The number of hydrogen-bond donors (Lipinski definition) is 1. The third-order valence-corrected chi connectivity index (χ3v) is 5.38. The van der Waals surface area contributed by atoms with Gasteiger partial charge in [-0.15, -0.1) is 5.10 Å². The lowest BCUT2D eigenvalue weighted by Crippen LogP contribution is -2.64. The third-order valence-electron chi connectivity index (χ3n) is 5.38. The zero-order chi connectivity index (χ0) is 18.1. The summed E-state index contributed by atoms with van der Waals surface area (Å²) < 4.78 is 1.41. The van der Waals surface area contributed by atoms with Gasteiger partial charge in [-0.25, -0.2) is 14.6 Å². The Kier molecular flexibility index (Phi) is 3.99. The van der Waals surface area contributed by atoms with Gasteiger partial charge in [0.15, 0.2) is 0 Å². The number of amides is 1. The molecule has 1 atom stereocenters. The van der Waals surface area contributed by atoms with Crippen molar-refractivity contribution in [1.82, 2.24) is 35.5 Å². The van der Waals surface area contributed by atoms with E-state index in [-0.39, 0.29) is 23.9 Å². The van der Waals surface area contributed by atoms with Gasteiger partial charge in [0.1, 0.15) is 36.6 Å². The molecule has 0 aromatic carbocycles. The van der Waals surface area contributed by atoms with Crippen molar-refractivity contribution in [3.63, 3.8) is 0 Å². The SMILES string of the molecule is Cc1ncnc(N2CC3(CCCC3NC(=O)Cn3cnnn3)C2)c1C#N. The first kappa shape index (κ1) is 16.4. The Balaban J connectivity index is 1.43. The van der Waals surface area contributed by atoms with Gasteiger partial charge in [-0.1, -0.05) is 6.42 Å². The summed E-state index contributed by atoms with van der Waals surface area (Å²) in [6.07, 6.45) is 6.03. The van der Waals surface area contributed by atoms with Crippen LogP contribution in [0.4, 0.5) is 5.82 Å². The number of carbonyl (C=O) groups excluding carboxylic acids is 1. The summed E-state index contributed by atoms with van der Waals surface area (Å²) in [5.74, 6) is 0.605. The van der Waals surface area contributed by atoms with Crippen LogP contribution in [0.15, 0.2) is 12.7 Å². The fourth-order valence-corrected chi connectivity index (χ4v) is 4.08. The molecule has 3 heterocycles. The molecule has 2 aromatic heterocycles. The van der Waals surface area contributed by atoms with Crippen LogP contribution < -0.4 is 10.2 Å². The molecule has 10 nitrogen and oxygen atoms in total. The van der Waals surface area contributed by atoms with E-state index in [9.17, 15) is 10.1 Å². The lowest BCUT2D eigenvalue weighted by Gasteiger charge is -2.52. The Morgan fingerprint density at radius 2 is 2.31 bits per heavy atom. The van der Waals surface area contributed by atoms with Gasteiger partial charge in [0, 0.05) is 24.5 Å². The van der Waals surface area contributed by atoms with E-state index in [0.717, 1.165) is 32.4 Å². The van der Waals surface area contributed by atoms with Gasteiger partial charge in [-0.05, 0) is 30.2 Å². The molecular formula is C16H19N9O. The molecule has 1 spiro atoms. The highest BCUT2D eigenvalue weighted by molar-refractivity contribution is 5.76. The molecule has 1 saturated heterocycles. The van der Waals surface area contributed by atoms with Gasteiger partial charge in [0.2, 0.25) is 5.91 Å². The Bertz CT molecular complexity index is 851. The number of rotatable bonds is 4. The zero-order valence-corrected chi connectivity index (χ0v) is 14.5. The predicted octanol–water partition coefficient (Wildman–Crippen LogP) is -0.181. The Morgan fingerprint density at radius 1 is 1.46 bits per heavy atom.